The van der Waals surface area contributed by atoms with Crippen molar-refractivity contribution in [3.63, 3.8) is 0 Å². The van der Waals surface area contributed by atoms with Crippen LogP contribution in [0.3, 0.4) is 0 Å². The number of carbonyl (C=O) groups excluding carboxylic acids is 3. The van der Waals surface area contributed by atoms with E-state index in [2.05, 4.69) is 10.6 Å². The molecule has 2 N–H and O–H groups in total. The van der Waals surface area contributed by atoms with Crippen molar-refractivity contribution in [2.45, 2.75) is 11.8 Å². The number of benzene rings is 4. The number of ether oxygens (including phenoxy) is 2. The van der Waals surface area contributed by atoms with Crippen LogP contribution < -0.4 is 20.1 Å². The summed E-state index contributed by atoms with van der Waals surface area (Å²) in [6, 6.07) is 28.6. The monoisotopic (exact) mass is 566 g/mol. The zero-order chi connectivity index (χ0) is 29.2. The standard InChI is InChI=1S/C33H30N2O5S/c1-22-8-7-9-23(18-22)19-28(35-32(37)24-10-5-4-6-11-24)33(38)34-26-13-15-27(16-14-26)41-21-29(36)25-12-17-30(39-2)31(20-25)40-3/h4-20H,21H2,1-3H3,(H,34,38)(H,35,37)/b28-19-. The van der Waals surface area contributed by atoms with E-state index in [0.29, 0.717) is 28.3 Å². The molecule has 0 heterocycles. The summed E-state index contributed by atoms with van der Waals surface area (Å²) in [5.74, 6) is 0.402. The highest BCUT2D eigenvalue weighted by atomic mass is 32.2. The van der Waals surface area contributed by atoms with E-state index in [1.54, 1.807) is 67.8 Å². The number of aryl methyl sites for hydroxylation is 1. The molecule has 0 saturated carbocycles. The predicted octanol–water partition coefficient (Wildman–Crippen LogP) is 6.40. The molecule has 0 fully saturated rings. The van der Waals surface area contributed by atoms with Crippen LogP contribution >= 0.6 is 11.8 Å². The molecule has 8 heteroatoms. The van der Waals surface area contributed by atoms with E-state index in [1.165, 1.54) is 18.9 Å². The molecule has 0 aliphatic carbocycles. The number of methoxy groups -OCH3 is 2. The first kappa shape index (κ1) is 29.2. The SMILES string of the molecule is COc1ccc(C(=O)CSc2ccc(NC(=O)/C(=C/c3cccc(C)c3)NC(=O)c3ccccc3)cc2)cc1OC. The van der Waals surface area contributed by atoms with Crippen LogP contribution in [-0.2, 0) is 4.79 Å². The van der Waals surface area contributed by atoms with Gasteiger partial charge in [-0.2, -0.15) is 0 Å². The van der Waals surface area contributed by atoms with Crippen molar-refractivity contribution in [1.82, 2.24) is 5.32 Å². The molecule has 0 spiro atoms. The van der Waals surface area contributed by atoms with Gasteiger partial charge in [-0.1, -0.05) is 48.0 Å². The molecule has 2 amide bonds. The maximum Gasteiger partial charge on any atom is 0.272 e. The molecule has 0 aliphatic rings. The average molecular weight is 567 g/mol. The summed E-state index contributed by atoms with van der Waals surface area (Å²) in [5.41, 5.74) is 3.46. The number of anilines is 1. The van der Waals surface area contributed by atoms with Gasteiger partial charge in [-0.3, -0.25) is 14.4 Å². The van der Waals surface area contributed by atoms with Crippen molar-refractivity contribution in [3.05, 3.63) is 125 Å². The first-order valence-electron chi connectivity index (χ1n) is 12.8. The van der Waals surface area contributed by atoms with E-state index in [9.17, 15) is 14.4 Å². The van der Waals surface area contributed by atoms with Gasteiger partial charge in [0.25, 0.3) is 11.8 Å². The van der Waals surface area contributed by atoms with Crippen LogP contribution in [0.4, 0.5) is 5.69 Å². The first-order valence-corrected chi connectivity index (χ1v) is 13.8. The molecule has 0 unspecified atom stereocenters. The summed E-state index contributed by atoms with van der Waals surface area (Å²) in [5, 5.41) is 5.60. The topological polar surface area (TPSA) is 93.7 Å². The van der Waals surface area contributed by atoms with Crippen LogP contribution in [0.5, 0.6) is 11.5 Å². The summed E-state index contributed by atoms with van der Waals surface area (Å²) < 4.78 is 10.5. The van der Waals surface area contributed by atoms with Crippen molar-refractivity contribution in [2.75, 3.05) is 25.3 Å². The number of hydrogen-bond acceptors (Lipinski definition) is 6. The second-order valence-corrected chi connectivity index (χ2v) is 10.1. The fourth-order valence-electron chi connectivity index (χ4n) is 3.94. The minimum atomic E-state index is -0.458. The molecule has 0 saturated heterocycles. The van der Waals surface area contributed by atoms with Gasteiger partial charge in [0.1, 0.15) is 5.70 Å². The second-order valence-electron chi connectivity index (χ2n) is 9.05. The van der Waals surface area contributed by atoms with Gasteiger partial charge >= 0.3 is 0 Å². The quantitative estimate of drug-likeness (QED) is 0.124. The number of amides is 2. The summed E-state index contributed by atoms with van der Waals surface area (Å²) >= 11 is 1.39. The summed E-state index contributed by atoms with van der Waals surface area (Å²) in [4.78, 5) is 39.7. The van der Waals surface area contributed by atoms with Crippen LogP contribution in [0.25, 0.3) is 6.08 Å². The molecular formula is C33H30N2O5S. The van der Waals surface area contributed by atoms with E-state index in [-0.39, 0.29) is 23.1 Å². The van der Waals surface area contributed by atoms with Gasteiger partial charge < -0.3 is 20.1 Å². The molecule has 4 aromatic carbocycles. The minimum Gasteiger partial charge on any atom is -0.493 e. The van der Waals surface area contributed by atoms with Crippen molar-refractivity contribution in [3.8, 4) is 11.5 Å². The fourth-order valence-corrected chi connectivity index (χ4v) is 4.74. The highest BCUT2D eigenvalue weighted by molar-refractivity contribution is 8.00. The summed E-state index contributed by atoms with van der Waals surface area (Å²) in [6.45, 7) is 1.96. The highest BCUT2D eigenvalue weighted by Gasteiger charge is 2.16. The van der Waals surface area contributed by atoms with Crippen LogP contribution in [-0.4, -0.2) is 37.6 Å². The Kier molecular flexibility index (Phi) is 9.96. The molecule has 0 aliphatic heterocycles. The third-order valence-electron chi connectivity index (χ3n) is 6.07. The third kappa shape index (κ3) is 8.09. The lowest BCUT2D eigenvalue weighted by atomic mass is 10.1. The van der Waals surface area contributed by atoms with Crippen molar-refractivity contribution >= 4 is 41.1 Å². The highest BCUT2D eigenvalue weighted by Crippen LogP contribution is 2.29. The van der Waals surface area contributed by atoms with Gasteiger partial charge in [0.15, 0.2) is 17.3 Å². The number of ketones is 1. The molecular weight excluding hydrogens is 536 g/mol. The zero-order valence-corrected chi connectivity index (χ0v) is 23.8. The smallest absolute Gasteiger partial charge is 0.272 e. The third-order valence-corrected chi connectivity index (χ3v) is 7.08. The maximum atomic E-state index is 13.3. The number of thioether (sulfide) groups is 1. The average Bonchev–Trinajstić information content (AvgIpc) is 3.00. The van der Waals surface area contributed by atoms with Gasteiger partial charge in [-0.05, 0) is 73.2 Å². The first-order chi connectivity index (χ1) is 19.9. The van der Waals surface area contributed by atoms with E-state index in [4.69, 9.17) is 9.47 Å². The number of carbonyl (C=O) groups is 3. The largest absolute Gasteiger partial charge is 0.493 e. The van der Waals surface area contributed by atoms with Gasteiger partial charge in [-0.15, -0.1) is 11.8 Å². The Morgan fingerprint density at radius 3 is 2.20 bits per heavy atom. The fraction of sp³-hybridized carbons (Fsp3) is 0.121. The van der Waals surface area contributed by atoms with E-state index in [1.807, 2.05) is 49.4 Å². The van der Waals surface area contributed by atoms with E-state index >= 15 is 0 Å². The molecule has 4 aromatic rings. The Bertz CT molecular complexity index is 1570. The normalized spacial score (nSPS) is 11.0. The van der Waals surface area contributed by atoms with Crippen molar-refractivity contribution < 1.29 is 23.9 Å². The Balaban J connectivity index is 1.43. The zero-order valence-electron chi connectivity index (χ0n) is 23.0. The van der Waals surface area contributed by atoms with Crippen LogP contribution in [0.1, 0.15) is 31.8 Å². The lowest BCUT2D eigenvalue weighted by Crippen LogP contribution is -2.30. The van der Waals surface area contributed by atoms with Gasteiger partial charge in [0, 0.05) is 21.7 Å². The molecule has 208 valence electrons. The lowest BCUT2D eigenvalue weighted by Gasteiger charge is -2.12. The van der Waals surface area contributed by atoms with Crippen molar-refractivity contribution in [2.24, 2.45) is 0 Å². The molecule has 0 bridgehead atoms. The molecule has 0 aromatic heterocycles. The maximum absolute atomic E-state index is 13.3. The number of rotatable bonds is 11. The Labute approximate surface area is 243 Å². The number of nitrogens with one attached hydrogen (secondary N) is 2. The molecule has 7 nitrogen and oxygen atoms in total. The van der Waals surface area contributed by atoms with Crippen LogP contribution in [0.2, 0.25) is 0 Å². The van der Waals surface area contributed by atoms with Crippen LogP contribution in [0, 0.1) is 6.92 Å². The second kappa shape index (κ2) is 14.0. The number of Topliss-reactive ketones (excluding diaryl/α,β-unsaturated/α-hetero) is 1. The Hall–Kier alpha value is -4.82. The van der Waals surface area contributed by atoms with Gasteiger partial charge in [0.2, 0.25) is 0 Å². The van der Waals surface area contributed by atoms with Crippen molar-refractivity contribution in [1.29, 1.82) is 0 Å². The minimum absolute atomic E-state index is 0.0478. The molecule has 4 rings (SSSR count). The molecule has 0 radical (unpaired) electrons. The summed E-state index contributed by atoms with van der Waals surface area (Å²) in [6.07, 6.45) is 1.65. The van der Waals surface area contributed by atoms with Gasteiger partial charge in [0.05, 0.1) is 20.0 Å². The van der Waals surface area contributed by atoms with Gasteiger partial charge in [-0.25, -0.2) is 0 Å². The molecule has 0 atom stereocenters. The molecule has 41 heavy (non-hydrogen) atoms. The number of hydrogen-bond donors (Lipinski definition) is 2. The van der Waals surface area contributed by atoms with E-state index in [0.717, 1.165) is 16.0 Å². The Morgan fingerprint density at radius 1 is 0.780 bits per heavy atom. The predicted molar refractivity (Wildman–Crippen MR) is 163 cm³/mol. The lowest BCUT2D eigenvalue weighted by molar-refractivity contribution is -0.113. The van der Waals surface area contributed by atoms with Crippen LogP contribution in [0.15, 0.2) is 108 Å². The Morgan fingerprint density at radius 2 is 1.51 bits per heavy atom. The summed E-state index contributed by atoms with van der Waals surface area (Å²) in [7, 11) is 3.07. The van der Waals surface area contributed by atoms with E-state index < -0.39 is 5.91 Å².